The second-order valence-electron chi connectivity index (χ2n) is 3.66. The van der Waals surface area contributed by atoms with E-state index in [4.69, 9.17) is 22.4 Å². The van der Waals surface area contributed by atoms with E-state index in [-0.39, 0.29) is 20.6 Å². The quantitative estimate of drug-likeness (QED) is 0.768. The maximum atomic E-state index is 14.1. The van der Waals surface area contributed by atoms with Crippen molar-refractivity contribution in [3.63, 3.8) is 0 Å². The van der Waals surface area contributed by atoms with Crippen LogP contribution in [-0.4, -0.2) is 16.1 Å². The summed E-state index contributed by atoms with van der Waals surface area (Å²) in [6, 6.07) is 6.22. The highest BCUT2D eigenvalue weighted by atomic mass is 127. The van der Waals surface area contributed by atoms with Crippen molar-refractivity contribution in [1.29, 1.82) is 0 Å². The van der Waals surface area contributed by atoms with E-state index in [2.05, 4.69) is 4.98 Å². The maximum Gasteiger partial charge on any atom is 0.355 e. The molecule has 4 nitrogen and oxygen atoms in total. The smallest absolute Gasteiger partial charge is 0.355 e. The molecule has 0 atom stereocenters. The standard InChI is InChI=1S/C12H7ClFIN2O2/c13-6-3-1-5(2-4-6)10-7(14)9(16)8(15)11(17-10)12(18)19/h1-4H,(H2,16,17)(H,18,19). The van der Waals surface area contributed by atoms with Crippen LogP contribution in [0.25, 0.3) is 11.3 Å². The molecule has 0 amide bonds. The Balaban J connectivity index is 2.70. The molecule has 2 rings (SSSR count). The molecule has 0 spiro atoms. The lowest BCUT2D eigenvalue weighted by Gasteiger charge is -2.09. The lowest BCUT2D eigenvalue weighted by molar-refractivity contribution is 0.0689. The van der Waals surface area contributed by atoms with Gasteiger partial charge in [-0.2, -0.15) is 0 Å². The highest BCUT2D eigenvalue weighted by Gasteiger charge is 2.21. The summed E-state index contributed by atoms with van der Waals surface area (Å²) in [4.78, 5) is 14.9. The molecule has 1 heterocycles. The van der Waals surface area contributed by atoms with Crippen LogP contribution in [0.1, 0.15) is 10.5 Å². The van der Waals surface area contributed by atoms with Gasteiger partial charge in [0.05, 0.1) is 9.26 Å². The van der Waals surface area contributed by atoms with Gasteiger partial charge in [-0.3, -0.25) is 0 Å². The zero-order valence-electron chi connectivity index (χ0n) is 9.32. The largest absolute Gasteiger partial charge is 0.476 e. The van der Waals surface area contributed by atoms with E-state index in [0.717, 1.165) is 0 Å². The van der Waals surface area contributed by atoms with Gasteiger partial charge in [0.25, 0.3) is 0 Å². The molecule has 19 heavy (non-hydrogen) atoms. The monoisotopic (exact) mass is 392 g/mol. The molecular formula is C12H7ClFIN2O2. The third kappa shape index (κ3) is 2.64. The van der Waals surface area contributed by atoms with Crippen molar-refractivity contribution in [2.24, 2.45) is 0 Å². The van der Waals surface area contributed by atoms with Crippen molar-refractivity contribution in [2.75, 3.05) is 5.73 Å². The van der Waals surface area contributed by atoms with Crippen LogP contribution in [0.3, 0.4) is 0 Å². The van der Waals surface area contributed by atoms with Crippen molar-refractivity contribution < 1.29 is 14.3 Å². The number of nitrogens with two attached hydrogens (primary N) is 1. The minimum atomic E-state index is -1.26. The van der Waals surface area contributed by atoms with Crippen LogP contribution in [0.5, 0.6) is 0 Å². The second-order valence-corrected chi connectivity index (χ2v) is 5.18. The maximum absolute atomic E-state index is 14.1. The van der Waals surface area contributed by atoms with Crippen LogP contribution >= 0.6 is 34.2 Å². The molecule has 0 aliphatic rings. The molecule has 2 aromatic rings. The average Bonchev–Trinajstić information content (AvgIpc) is 2.37. The van der Waals surface area contributed by atoms with Crippen molar-refractivity contribution >= 4 is 45.8 Å². The number of rotatable bonds is 2. The number of carboxylic acid groups (broad SMARTS) is 1. The number of carboxylic acids is 1. The average molecular weight is 393 g/mol. The Morgan fingerprint density at radius 1 is 1.37 bits per heavy atom. The van der Waals surface area contributed by atoms with Gasteiger partial charge in [-0.25, -0.2) is 14.2 Å². The normalized spacial score (nSPS) is 10.5. The third-order valence-electron chi connectivity index (χ3n) is 2.43. The lowest BCUT2D eigenvalue weighted by atomic mass is 10.1. The van der Waals surface area contributed by atoms with E-state index in [9.17, 15) is 9.18 Å². The van der Waals surface area contributed by atoms with Crippen LogP contribution in [-0.2, 0) is 0 Å². The van der Waals surface area contributed by atoms with Crippen LogP contribution < -0.4 is 5.73 Å². The minimum Gasteiger partial charge on any atom is -0.476 e. The first-order valence-corrected chi connectivity index (χ1v) is 6.51. The molecule has 0 saturated heterocycles. The predicted octanol–water partition coefficient (Wildman–Crippen LogP) is 3.43. The highest BCUT2D eigenvalue weighted by molar-refractivity contribution is 14.1. The molecule has 1 aromatic heterocycles. The van der Waals surface area contributed by atoms with Gasteiger partial charge in [-0.1, -0.05) is 23.7 Å². The number of nitrogen functional groups attached to an aromatic ring is 1. The summed E-state index contributed by atoms with van der Waals surface area (Å²) >= 11 is 7.40. The minimum absolute atomic E-state index is 0.0836. The molecule has 3 N–H and O–H groups in total. The van der Waals surface area contributed by atoms with Gasteiger partial charge in [0.2, 0.25) is 0 Å². The van der Waals surface area contributed by atoms with Gasteiger partial charge in [0.1, 0.15) is 5.69 Å². The summed E-state index contributed by atoms with van der Waals surface area (Å²) in [5, 5.41) is 9.52. The number of benzene rings is 1. The number of hydrogen-bond donors (Lipinski definition) is 2. The van der Waals surface area contributed by atoms with Crippen molar-refractivity contribution in [2.45, 2.75) is 0 Å². The Morgan fingerprint density at radius 2 is 1.95 bits per heavy atom. The van der Waals surface area contributed by atoms with Crippen molar-refractivity contribution in [1.82, 2.24) is 4.98 Å². The number of aromatic nitrogens is 1. The van der Waals surface area contributed by atoms with Gasteiger partial charge in [-0.05, 0) is 34.7 Å². The van der Waals surface area contributed by atoms with E-state index < -0.39 is 11.8 Å². The second kappa shape index (κ2) is 5.30. The molecule has 0 bridgehead atoms. The summed E-state index contributed by atoms with van der Waals surface area (Å²) in [7, 11) is 0. The molecule has 0 aliphatic heterocycles. The summed E-state index contributed by atoms with van der Waals surface area (Å²) in [5.74, 6) is -2.00. The number of carbonyl (C=O) groups is 1. The summed E-state index contributed by atoms with van der Waals surface area (Å²) in [6.07, 6.45) is 0. The summed E-state index contributed by atoms with van der Waals surface area (Å²) < 4.78 is 14.2. The topological polar surface area (TPSA) is 76.2 Å². The molecule has 0 unspecified atom stereocenters. The number of halogens is 3. The Morgan fingerprint density at radius 3 is 2.47 bits per heavy atom. The lowest BCUT2D eigenvalue weighted by Crippen LogP contribution is -2.10. The van der Waals surface area contributed by atoms with Crippen LogP contribution in [0.15, 0.2) is 24.3 Å². The van der Waals surface area contributed by atoms with Crippen molar-refractivity contribution in [3.8, 4) is 11.3 Å². The molecule has 0 saturated carbocycles. The molecule has 0 aliphatic carbocycles. The molecular weight excluding hydrogens is 385 g/mol. The zero-order valence-corrected chi connectivity index (χ0v) is 12.2. The SMILES string of the molecule is Nc1c(F)c(-c2ccc(Cl)cc2)nc(C(=O)O)c1I. The van der Waals surface area contributed by atoms with Crippen LogP contribution in [0.2, 0.25) is 5.02 Å². The first-order chi connectivity index (χ1) is 8.91. The first-order valence-electron chi connectivity index (χ1n) is 5.05. The summed E-state index contributed by atoms with van der Waals surface area (Å²) in [6.45, 7) is 0. The fourth-order valence-electron chi connectivity index (χ4n) is 1.50. The number of hydrogen-bond acceptors (Lipinski definition) is 3. The van der Waals surface area contributed by atoms with Gasteiger partial charge in [0.15, 0.2) is 11.5 Å². The number of nitrogens with zero attached hydrogens (tertiary/aromatic N) is 1. The Labute approximate surface area is 126 Å². The molecule has 0 fully saturated rings. The van der Waals surface area contributed by atoms with E-state index in [1.165, 1.54) is 0 Å². The van der Waals surface area contributed by atoms with Gasteiger partial charge < -0.3 is 10.8 Å². The van der Waals surface area contributed by atoms with Gasteiger partial charge in [-0.15, -0.1) is 0 Å². The van der Waals surface area contributed by atoms with Crippen LogP contribution in [0, 0.1) is 9.39 Å². The number of anilines is 1. The van der Waals surface area contributed by atoms with E-state index in [1.807, 2.05) is 0 Å². The number of pyridine rings is 1. The van der Waals surface area contributed by atoms with E-state index in [1.54, 1.807) is 46.9 Å². The first kappa shape index (κ1) is 14.0. The molecule has 7 heteroatoms. The molecule has 98 valence electrons. The highest BCUT2D eigenvalue weighted by Crippen LogP contribution is 2.30. The fraction of sp³-hybridized carbons (Fsp3) is 0. The molecule has 0 radical (unpaired) electrons. The Hall–Kier alpha value is -1.41. The Kier molecular flexibility index (Phi) is 3.91. The van der Waals surface area contributed by atoms with E-state index >= 15 is 0 Å². The summed E-state index contributed by atoms with van der Waals surface area (Å²) in [5.41, 5.74) is 5.38. The zero-order chi connectivity index (χ0) is 14.2. The predicted molar refractivity (Wildman–Crippen MR) is 78.7 cm³/mol. The van der Waals surface area contributed by atoms with Crippen molar-refractivity contribution in [3.05, 3.63) is 44.4 Å². The van der Waals surface area contributed by atoms with Gasteiger partial charge in [0, 0.05) is 10.6 Å². The molecule has 1 aromatic carbocycles. The van der Waals surface area contributed by atoms with E-state index in [0.29, 0.717) is 10.6 Å². The Bertz CT molecular complexity index is 662. The van der Waals surface area contributed by atoms with Crippen LogP contribution in [0.4, 0.5) is 10.1 Å². The number of aromatic carboxylic acids is 1. The third-order valence-corrected chi connectivity index (χ3v) is 3.78. The fourth-order valence-corrected chi connectivity index (χ4v) is 2.22. The van der Waals surface area contributed by atoms with Gasteiger partial charge >= 0.3 is 5.97 Å².